The molecular formula is C19H20Cl2N2O3. The minimum absolute atomic E-state index is 0.0861. The lowest BCUT2D eigenvalue weighted by Gasteiger charge is -2.21. The van der Waals surface area contributed by atoms with Crippen LogP contribution >= 0.6 is 23.2 Å². The highest BCUT2D eigenvalue weighted by Crippen LogP contribution is 2.27. The van der Waals surface area contributed by atoms with Gasteiger partial charge in [0, 0.05) is 18.1 Å². The fourth-order valence-corrected chi connectivity index (χ4v) is 2.72. The van der Waals surface area contributed by atoms with Gasteiger partial charge in [-0.2, -0.15) is 0 Å². The van der Waals surface area contributed by atoms with Crippen molar-refractivity contribution in [1.82, 2.24) is 10.2 Å². The van der Waals surface area contributed by atoms with E-state index in [4.69, 9.17) is 27.9 Å². The van der Waals surface area contributed by atoms with Gasteiger partial charge in [-0.15, -0.1) is 0 Å². The molecule has 0 atom stereocenters. The van der Waals surface area contributed by atoms with Gasteiger partial charge in [-0.05, 0) is 30.7 Å². The molecule has 0 radical (unpaired) electrons. The van der Waals surface area contributed by atoms with Crippen LogP contribution in [0.4, 0.5) is 0 Å². The van der Waals surface area contributed by atoms with Crippen molar-refractivity contribution >= 4 is 35.0 Å². The number of nitrogens with zero attached hydrogens (tertiary/aromatic N) is 1. The summed E-state index contributed by atoms with van der Waals surface area (Å²) in [7, 11) is 0. The number of carbonyl (C=O) groups is 2. The Balaban J connectivity index is 1.79. The molecule has 2 amide bonds. The third-order valence-electron chi connectivity index (χ3n) is 3.64. The van der Waals surface area contributed by atoms with Gasteiger partial charge in [0.15, 0.2) is 6.61 Å². The van der Waals surface area contributed by atoms with Gasteiger partial charge in [-0.1, -0.05) is 53.5 Å². The Kier molecular flexibility index (Phi) is 7.75. The van der Waals surface area contributed by atoms with Crippen LogP contribution in [0.3, 0.4) is 0 Å². The van der Waals surface area contributed by atoms with Gasteiger partial charge in [0.25, 0.3) is 5.91 Å². The van der Waals surface area contributed by atoms with Crippen LogP contribution in [0.15, 0.2) is 48.5 Å². The Morgan fingerprint density at radius 1 is 1.12 bits per heavy atom. The van der Waals surface area contributed by atoms with Crippen molar-refractivity contribution in [2.45, 2.75) is 13.5 Å². The smallest absolute Gasteiger partial charge is 0.258 e. The summed E-state index contributed by atoms with van der Waals surface area (Å²) in [5, 5.41) is 3.36. The number of carbonyl (C=O) groups excluding carboxylic acids is 2. The highest BCUT2D eigenvalue weighted by Gasteiger charge is 2.14. The molecule has 0 saturated carbocycles. The summed E-state index contributed by atoms with van der Waals surface area (Å²) in [4.78, 5) is 25.8. The Morgan fingerprint density at radius 3 is 2.50 bits per heavy atom. The molecule has 0 spiro atoms. The maximum Gasteiger partial charge on any atom is 0.258 e. The van der Waals surface area contributed by atoms with E-state index in [2.05, 4.69) is 5.32 Å². The molecule has 0 aromatic heterocycles. The van der Waals surface area contributed by atoms with Crippen LogP contribution in [0.2, 0.25) is 10.0 Å². The van der Waals surface area contributed by atoms with E-state index in [0.29, 0.717) is 28.9 Å². The van der Waals surface area contributed by atoms with Crippen molar-refractivity contribution in [1.29, 1.82) is 0 Å². The van der Waals surface area contributed by atoms with E-state index in [1.807, 2.05) is 37.3 Å². The lowest BCUT2D eigenvalue weighted by molar-refractivity contribution is -0.133. The number of hydrogen-bond donors (Lipinski definition) is 1. The second-order valence-corrected chi connectivity index (χ2v) is 6.38. The van der Waals surface area contributed by atoms with Crippen LogP contribution in [0.1, 0.15) is 12.5 Å². The van der Waals surface area contributed by atoms with Gasteiger partial charge in [-0.25, -0.2) is 0 Å². The minimum Gasteiger partial charge on any atom is -0.482 e. The Morgan fingerprint density at radius 2 is 1.85 bits per heavy atom. The summed E-state index contributed by atoms with van der Waals surface area (Å²) >= 11 is 11.8. The van der Waals surface area contributed by atoms with Crippen molar-refractivity contribution in [3.8, 4) is 5.75 Å². The third kappa shape index (κ3) is 6.24. The standard InChI is InChI=1S/C19H20Cl2N2O3/c1-2-23(12-14-6-4-3-5-7-14)19(25)11-22-18(24)13-26-17-9-8-15(20)10-16(17)21/h3-10H,2,11-13H2,1H3,(H,22,24). The fourth-order valence-electron chi connectivity index (χ4n) is 2.25. The first-order valence-electron chi connectivity index (χ1n) is 8.16. The summed E-state index contributed by atoms with van der Waals surface area (Å²) in [5.74, 6) is -0.203. The van der Waals surface area contributed by atoms with Crippen molar-refractivity contribution in [3.63, 3.8) is 0 Å². The van der Waals surface area contributed by atoms with Gasteiger partial charge in [0.1, 0.15) is 5.75 Å². The molecule has 1 N–H and O–H groups in total. The molecule has 2 rings (SSSR count). The Bertz CT molecular complexity index is 754. The second-order valence-electron chi connectivity index (χ2n) is 5.53. The normalized spacial score (nSPS) is 10.3. The third-order valence-corrected chi connectivity index (χ3v) is 4.17. The molecule has 0 unspecified atom stereocenters. The first-order chi connectivity index (χ1) is 12.5. The average molecular weight is 395 g/mol. The molecule has 5 nitrogen and oxygen atoms in total. The molecule has 0 saturated heterocycles. The van der Waals surface area contributed by atoms with E-state index < -0.39 is 5.91 Å². The molecule has 0 aliphatic rings. The number of likely N-dealkylation sites (N-methyl/N-ethyl adjacent to an activating group) is 1. The SMILES string of the molecule is CCN(Cc1ccccc1)C(=O)CNC(=O)COc1ccc(Cl)cc1Cl. The average Bonchev–Trinajstić information content (AvgIpc) is 2.64. The highest BCUT2D eigenvalue weighted by molar-refractivity contribution is 6.35. The zero-order valence-electron chi connectivity index (χ0n) is 14.4. The predicted octanol–water partition coefficient (Wildman–Crippen LogP) is 3.54. The van der Waals surface area contributed by atoms with Crippen LogP contribution in [0, 0.1) is 0 Å². The second kappa shape index (κ2) is 10.0. The van der Waals surface area contributed by atoms with E-state index in [9.17, 15) is 9.59 Å². The molecule has 138 valence electrons. The number of nitrogens with one attached hydrogen (secondary N) is 1. The van der Waals surface area contributed by atoms with Crippen molar-refractivity contribution < 1.29 is 14.3 Å². The number of ether oxygens (including phenoxy) is 1. The van der Waals surface area contributed by atoms with Crippen LogP contribution < -0.4 is 10.1 Å². The number of hydrogen-bond acceptors (Lipinski definition) is 3. The summed E-state index contributed by atoms with van der Waals surface area (Å²) < 4.78 is 5.34. The molecular weight excluding hydrogens is 375 g/mol. The predicted molar refractivity (Wildman–Crippen MR) is 102 cm³/mol. The number of rotatable bonds is 8. The number of amides is 2. The summed E-state index contributed by atoms with van der Waals surface area (Å²) in [6, 6.07) is 14.4. The highest BCUT2D eigenvalue weighted by atomic mass is 35.5. The molecule has 2 aromatic rings. The lowest BCUT2D eigenvalue weighted by atomic mass is 10.2. The largest absolute Gasteiger partial charge is 0.482 e. The van der Waals surface area contributed by atoms with Gasteiger partial charge in [0.05, 0.1) is 11.6 Å². The lowest BCUT2D eigenvalue weighted by Crippen LogP contribution is -2.41. The maximum absolute atomic E-state index is 12.3. The summed E-state index contributed by atoms with van der Waals surface area (Å²) in [6.07, 6.45) is 0. The van der Waals surface area contributed by atoms with Crippen LogP contribution in [0.25, 0.3) is 0 Å². The van der Waals surface area contributed by atoms with E-state index in [0.717, 1.165) is 5.56 Å². The molecule has 26 heavy (non-hydrogen) atoms. The first-order valence-corrected chi connectivity index (χ1v) is 8.91. The molecule has 0 fully saturated rings. The first kappa shape index (κ1) is 20.1. The maximum atomic E-state index is 12.3. The van der Waals surface area contributed by atoms with Crippen LogP contribution in [0.5, 0.6) is 5.75 Å². The minimum atomic E-state index is -0.403. The molecule has 0 aliphatic carbocycles. The molecule has 0 heterocycles. The number of halogens is 2. The van der Waals surface area contributed by atoms with Crippen molar-refractivity contribution in [3.05, 3.63) is 64.1 Å². The zero-order chi connectivity index (χ0) is 18.9. The van der Waals surface area contributed by atoms with E-state index in [1.54, 1.807) is 17.0 Å². The fraction of sp³-hybridized carbons (Fsp3) is 0.263. The number of benzene rings is 2. The quantitative estimate of drug-likeness (QED) is 0.744. The van der Waals surface area contributed by atoms with E-state index >= 15 is 0 Å². The Hall–Kier alpha value is -2.24. The van der Waals surface area contributed by atoms with Gasteiger partial charge in [0.2, 0.25) is 5.91 Å². The van der Waals surface area contributed by atoms with E-state index in [1.165, 1.54) is 6.07 Å². The van der Waals surface area contributed by atoms with Crippen LogP contribution in [-0.4, -0.2) is 36.4 Å². The van der Waals surface area contributed by atoms with Gasteiger partial charge >= 0.3 is 0 Å². The van der Waals surface area contributed by atoms with Gasteiger partial charge < -0.3 is 15.0 Å². The van der Waals surface area contributed by atoms with E-state index in [-0.39, 0.29) is 19.1 Å². The van der Waals surface area contributed by atoms with Gasteiger partial charge in [-0.3, -0.25) is 9.59 Å². The van der Waals surface area contributed by atoms with Crippen molar-refractivity contribution in [2.75, 3.05) is 19.7 Å². The Labute approximate surface area is 162 Å². The topological polar surface area (TPSA) is 58.6 Å². The van der Waals surface area contributed by atoms with Crippen LogP contribution in [-0.2, 0) is 16.1 Å². The molecule has 7 heteroatoms. The molecule has 0 aliphatic heterocycles. The van der Waals surface area contributed by atoms with Crippen molar-refractivity contribution in [2.24, 2.45) is 0 Å². The summed E-state index contributed by atoms with van der Waals surface area (Å²) in [6.45, 7) is 2.63. The zero-order valence-corrected chi connectivity index (χ0v) is 15.9. The molecule has 2 aromatic carbocycles. The monoisotopic (exact) mass is 394 g/mol. The molecule has 0 bridgehead atoms. The summed E-state index contributed by atoms with van der Waals surface area (Å²) in [5.41, 5.74) is 1.04.